The molecule has 0 unspecified atom stereocenters. The summed E-state index contributed by atoms with van der Waals surface area (Å²) in [5.41, 5.74) is 7.67. The fraction of sp³-hybridized carbons (Fsp3) is 0.286. The number of pyridine rings is 1. The van der Waals surface area contributed by atoms with Gasteiger partial charge in [0.2, 0.25) is 15.7 Å². The monoisotopic (exact) mass is 555 g/mol. The Morgan fingerprint density at radius 1 is 1.13 bits per heavy atom. The van der Waals surface area contributed by atoms with Crippen LogP contribution in [0.15, 0.2) is 59.0 Å². The van der Waals surface area contributed by atoms with E-state index in [1.807, 2.05) is 19.1 Å². The number of hydrogen-bond acceptors (Lipinski definition) is 7. The summed E-state index contributed by atoms with van der Waals surface area (Å²) in [6.07, 6.45) is 2.10. The SMILES string of the molecule is CCc1cc2c(C(N)=O)c(-c3ccc(F)cc3)oc2nc1CN(CCCOc1ccccc1OC)S(C)(=O)=O. The Morgan fingerprint density at radius 2 is 1.82 bits per heavy atom. The number of aromatic nitrogens is 1. The number of halogens is 1. The van der Waals surface area contributed by atoms with Gasteiger partial charge in [0.05, 0.1) is 43.2 Å². The smallest absolute Gasteiger partial charge is 0.253 e. The highest BCUT2D eigenvalue weighted by Gasteiger charge is 2.25. The second kappa shape index (κ2) is 11.8. The normalized spacial score (nSPS) is 11.7. The van der Waals surface area contributed by atoms with Gasteiger partial charge in [-0.3, -0.25) is 4.79 Å². The van der Waals surface area contributed by atoms with E-state index in [2.05, 4.69) is 4.98 Å². The topological polar surface area (TPSA) is 125 Å². The molecule has 0 aliphatic rings. The fourth-order valence-corrected chi connectivity index (χ4v) is 5.10. The third-order valence-electron chi connectivity index (χ3n) is 6.26. The van der Waals surface area contributed by atoms with Crippen molar-refractivity contribution < 1.29 is 31.5 Å². The van der Waals surface area contributed by atoms with E-state index in [1.54, 1.807) is 25.3 Å². The first kappa shape index (κ1) is 28.1. The summed E-state index contributed by atoms with van der Waals surface area (Å²) in [5.74, 6) is 0.205. The van der Waals surface area contributed by atoms with E-state index in [0.29, 0.717) is 41.0 Å². The number of nitrogens with zero attached hydrogens (tertiary/aromatic N) is 2. The minimum atomic E-state index is -3.59. The Morgan fingerprint density at radius 3 is 2.44 bits per heavy atom. The Balaban J connectivity index is 1.61. The number of aryl methyl sites for hydroxylation is 1. The standard InChI is InChI=1S/C28H30FN3O6S/c1-4-18-16-21-25(27(30)33)26(19-10-12-20(29)13-11-19)38-28(21)31-22(18)17-32(39(3,34)35)14-7-15-37-24-9-6-5-8-23(24)36-2/h5-6,8-13,16H,4,7,14-15,17H2,1-3H3,(H2,30,33). The second-order valence-electron chi connectivity index (χ2n) is 8.93. The largest absolute Gasteiger partial charge is 0.493 e. The van der Waals surface area contributed by atoms with Gasteiger partial charge in [-0.15, -0.1) is 0 Å². The molecule has 9 nitrogen and oxygen atoms in total. The maximum atomic E-state index is 13.5. The average Bonchev–Trinajstić information content (AvgIpc) is 3.28. The minimum Gasteiger partial charge on any atom is -0.493 e. The van der Waals surface area contributed by atoms with Crippen LogP contribution in [0, 0.1) is 5.82 Å². The quantitative estimate of drug-likeness (QED) is 0.255. The summed E-state index contributed by atoms with van der Waals surface area (Å²) in [4.78, 5) is 17.0. The highest BCUT2D eigenvalue weighted by Crippen LogP contribution is 2.34. The number of furan rings is 1. The first-order chi connectivity index (χ1) is 18.6. The van der Waals surface area contributed by atoms with Crippen molar-refractivity contribution in [2.75, 3.05) is 26.5 Å². The van der Waals surface area contributed by atoms with Gasteiger partial charge in [-0.1, -0.05) is 19.1 Å². The van der Waals surface area contributed by atoms with Crippen molar-refractivity contribution in [3.63, 3.8) is 0 Å². The van der Waals surface area contributed by atoms with Crippen LogP contribution in [0.2, 0.25) is 0 Å². The molecule has 4 rings (SSSR count). The first-order valence-corrected chi connectivity index (χ1v) is 14.2. The number of benzene rings is 2. The number of sulfonamides is 1. The van der Waals surface area contributed by atoms with Crippen molar-refractivity contribution >= 4 is 27.0 Å². The molecule has 2 aromatic heterocycles. The molecule has 0 saturated heterocycles. The van der Waals surface area contributed by atoms with Crippen LogP contribution in [-0.2, 0) is 23.0 Å². The molecule has 206 valence electrons. The summed E-state index contributed by atoms with van der Waals surface area (Å²) in [7, 11) is -2.04. The number of para-hydroxylation sites is 2. The zero-order chi connectivity index (χ0) is 28.2. The summed E-state index contributed by atoms with van der Waals surface area (Å²) in [5, 5.41) is 0.415. The maximum absolute atomic E-state index is 13.5. The van der Waals surface area contributed by atoms with Gasteiger partial charge in [-0.25, -0.2) is 17.8 Å². The van der Waals surface area contributed by atoms with Crippen LogP contribution >= 0.6 is 0 Å². The van der Waals surface area contributed by atoms with Crippen LogP contribution in [0.3, 0.4) is 0 Å². The molecule has 1 amide bonds. The predicted molar refractivity (Wildman–Crippen MR) is 146 cm³/mol. The highest BCUT2D eigenvalue weighted by atomic mass is 32.2. The molecule has 0 aliphatic carbocycles. The molecule has 0 radical (unpaired) electrons. The number of hydrogen-bond donors (Lipinski definition) is 1. The lowest BCUT2D eigenvalue weighted by atomic mass is 10.0. The summed E-state index contributed by atoms with van der Waals surface area (Å²) >= 11 is 0. The summed E-state index contributed by atoms with van der Waals surface area (Å²) in [6.45, 7) is 2.39. The number of fused-ring (bicyclic) bond motifs is 1. The van der Waals surface area contributed by atoms with E-state index in [1.165, 1.54) is 28.6 Å². The second-order valence-corrected chi connectivity index (χ2v) is 10.9. The van der Waals surface area contributed by atoms with Crippen molar-refractivity contribution in [1.29, 1.82) is 0 Å². The number of methoxy groups -OCH3 is 1. The molecule has 11 heteroatoms. The number of ether oxygens (including phenoxy) is 2. The zero-order valence-corrected chi connectivity index (χ0v) is 22.8. The summed E-state index contributed by atoms with van der Waals surface area (Å²) in [6, 6.07) is 14.5. The van der Waals surface area contributed by atoms with Crippen LogP contribution in [0.4, 0.5) is 4.39 Å². The summed E-state index contributed by atoms with van der Waals surface area (Å²) < 4.78 is 57.1. The van der Waals surface area contributed by atoms with Gasteiger partial charge in [0, 0.05) is 12.1 Å². The van der Waals surface area contributed by atoms with Gasteiger partial charge in [-0.2, -0.15) is 4.31 Å². The van der Waals surface area contributed by atoms with Gasteiger partial charge in [0.1, 0.15) is 11.6 Å². The maximum Gasteiger partial charge on any atom is 0.253 e. The Hall–Kier alpha value is -3.96. The predicted octanol–water partition coefficient (Wildman–Crippen LogP) is 4.53. The molecule has 0 fully saturated rings. The lowest BCUT2D eigenvalue weighted by Gasteiger charge is -2.21. The number of amides is 1. The molecular weight excluding hydrogens is 525 g/mol. The average molecular weight is 556 g/mol. The van der Waals surface area contributed by atoms with Gasteiger partial charge in [-0.05, 0) is 60.9 Å². The van der Waals surface area contributed by atoms with Crippen molar-refractivity contribution in [1.82, 2.24) is 9.29 Å². The molecule has 2 heterocycles. The third kappa shape index (κ3) is 6.37. The lowest BCUT2D eigenvalue weighted by Crippen LogP contribution is -2.32. The van der Waals surface area contributed by atoms with Crippen molar-refractivity contribution in [2.24, 2.45) is 5.73 Å². The molecule has 0 aliphatic heterocycles. The van der Waals surface area contributed by atoms with E-state index in [0.717, 1.165) is 11.8 Å². The molecule has 0 saturated carbocycles. The number of primary amides is 1. The number of carbonyl (C=O) groups is 1. The Bertz CT molecular complexity index is 1590. The van der Waals surface area contributed by atoms with Gasteiger partial charge >= 0.3 is 0 Å². The molecule has 39 heavy (non-hydrogen) atoms. The van der Waals surface area contributed by atoms with Crippen LogP contribution in [0.25, 0.3) is 22.4 Å². The van der Waals surface area contributed by atoms with Gasteiger partial charge < -0.3 is 19.6 Å². The zero-order valence-electron chi connectivity index (χ0n) is 21.9. The number of carbonyl (C=O) groups excluding carboxylic acids is 1. The Kier molecular flexibility index (Phi) is 8.51. The molecule has 0 bridgehead atoms. The first-order valence-electron chi connectivity index (χ1n) is 12.3. The minimum absolute atomic E-state index is 0.00505. The van der Waals surface area contributed by atoms with Crippen molar-refractivity contribution in [3.05, 3.63) is 77.2 Å². The highest BCUT2D eigenvalue weighted by molar-refractivity contribution is 7.88. The van der Waals surface area contributed by atoms with Gasteiger partial charge in [0.15, 0.2) is 11.5 Å². The molecule has 2 N–H and O–H groups in total. The number of rotatable bonds is 12. The fourth-order valence-electron chi connectivity index (χ4n) is 4.28. The molecular formula is C28H30FN3O6S. The van der Waals surface area contributed by atoms with Crippen LogP contribution in [0.1, 0.15) is 35.0 Å². The van der Waals surface area contributed by atoms with E-state index >= 15 is 0 Å². The number of nitrogens with two attached hydrogens (primary N) is 1. The molecule has 4 aromatic rings. The van der Waals surface area contributed by atoms with E-state index in [4.69, 9.17) is 19.6 Å². The van der Waals surface area contributed by atoms with Crippen LogP contribution in [0.5, 0.6) is 11.5 Å². The van der Waals surface area contributed by atoms with Gasteiger partial charge in [0.25, 0.3) is 5.91 Å². The van der Waals surface area contributed by atoms with Crippen molar-refractivity contribution in [2.45, 2.75) is 26.3 Å². The third-order valence-corrected chi connectivity index (χ3v) is 7.51. The molecule has 0 spiro atoms. The van der Waals surface area contributed by atoms with Crippen molar-refractivity contribution in [3.8, 4) is 22.8 Å². The van der Waals surface area contributed by atoms with E-state index < -0.39 is 21.7 Å². The lowest BCUT2D eigenvalue weighted by molar-refractivity contribution is 0.100. The van der Waals surface area contributed by atoms with E-state index in [9.17, 15) is 17.6 Å². The molecule has 0 atom stereocenters. The Labute approximate surface area is 226 Å². The van der Waals surface area contributed by atoms with Crippen LogP contribution < -0.4 is 15.2 Å². The van der Waals surface area contributed by atoms with Crippen LogP contribution in [-0.4, -0.2) is 50.1 Å². The van der Waals surface area contributed by atoms with E-state index in [-0.39, 0.29) is 36.7 Å². The molecule has 2 aromatic carbocycles.